The number of rotatable bonds is 7. The van der Waals surface area contributed by atoms with Crippen LogP contribution in [0.25, 0.3) is 10.2 Å². The second kappa shape index (κ2) is 10.0. The highest BCUT2D eigenvalue weighted by molar-refractivity contribution is 8.01. The number of fused-ring (bicyclic) bond motifs is 4. The summed E-state index contributed by atoms with van der Waals surface area (Å²) < 4.78 is 1.52. The molecule has 0 spiro atoms. The molecule has 8 heteroatoms. The van der Waals surface area contributed by atoms with Crippen LogP contribution in [-0.4, -0.2) is 28.1 Å². The number of nitro benzene ring substituents is 1. The Bertz CT molecular complexity index is 1350. The Morgan fingerprint density at radius 1 is 1.24 bits per heavy atom. The van der Waals surface area contributed by atoms with Gasteiger partial charge in [-0.1, -0.05) is 64.1 Å². The molecular formula is C29H35N3O3S2. The monoisotopic (exact) mass is 537 g/mol. The van der Waals surface area contributed by atoms with Gasteiger partial charge in [-0.2, -0.15) is 0 Å². The molecule has 0 saturated heterocycles. The molecule has 0 radical (unpaired) electrons. The van der Waals surface area contributed by atoms with Gasteiger partial charge in [-0.25, -0.2) is 4.98 Å². The minimum absolute atomic E-state index is 0.0153. The summed E-state index contributed by atoms with van der Waals surface area (Å²) in [6.07, 6.45) is 5.81. The topological polar surface area (TPSA) is 85.1 Å². The summed E-state index contributed by atoms with van der Waals surface area (Å²) in [6.45, 7) is 10.0. The Balaban J connectivity index is 1.23. The predicted octanol–water partition coefficient (Wildman–Crippen LogP) is 7.25. The van der Waals surface area contributed by atoms with E-state index in [0.717, 1.165) is 27.4 Å². The summed E-state index contributed by atoms with van der Waals surface area (Å²) in [5.74, 6) is 1.39. The van der Waals surface area contributed by atoms with E-state index < -0.39 is 4.92 Å². The van der Waals surface area contributed by atoms with Gasteiger partial charge in [-0.05, 0) is 71.1 Å². The van der Waals surface area contributed by atoms with Crippen LogP contribution >= 0.6 is 23.1 Å². The highest BCUT2D eigenvalue weighted by Crippen LogP contribution is 2.57. The van der Waals surface area contributed by atoms with Crippen LogP contribution in [0.4, 0.5) is 5.69 Å². The maximum Gasteiger partial charge on any atom is 0.270 e. The van der Waals surface area contributed by atoms with E-state index >= 15 is 0 Å². The van der Waals surface area contributed by atoms with Crippen LogP contribution in [0.5, 0.6) is 0 Å². The molecule has 1 N–H and O–H groups in total. The third-order valence-electron chi connectivity index (χ3n) is 8.75. The third kappa shape index (κ3) is 5.02. The largest absolute Gasteiger partial charge is 0.355 e. The van der Waals surface area contributed by atoms with Crippen LogP contribution in [0.15, 0.2) is 40.7 Å². The lowest BCUT2D eigenvalue weighted by atomic mass is 9.49. The molecule has 0 aliphatic heterocycles. The van der Waals surface area contributed by atoms with E-state index in [9.17, 15) is 14.9 Å². The molecular weight excluding hydrogens is 502 g/mol. The zero-order valence-corrected chi connectivity index (χ0v) is 23.6. The molecule has 5 rings (SSSR count). The van der Waals surface area contributed by atoms with Gasteiger partial charge in [0.1, 0.15) is 0 Å². The van der Waals surface area contributed by atoms with Crippen molar-refractivity contribution in [3.8, 4) is 0 Å². The van der Waals surface area contributed by atoms with Crippen molar-refractivity contribution in [1.82, 2.24) is 10.3 Å². The average molecular weight is 538 g/mol. The molecule has 2 aliphatic rings. The molecule has 37 heavy (non-hydrogen) atoms. The molecule has 2 aliphatic carbocycles. The summed E-state index contributed by atoms with van der Waals surface area (Å²) in [4.78, 5) is 28.0. The molecule has 1 heterocycles. The number of hydrogen-bond acceptors (Lipinski definition) is 6. The molecule has 3 atom stereocenters. The first-order valence-electron chi connectivity index (χ1n) is 13.2. The molecule has 3 unspecified atom stereocenters. The fourth-order valence-corrected chi connectivity index (χ4v) is 8.69. The first-order valence-corrected chi connectivity index (χ1v) is 15.0. The van der Waals surface area contributed by atoms with Crippen molar-refractivity contribution in [2.24, 2.45) is 11.3 Å². The van der Waals surface area contributed by atoms with Gasteiger partial charge in [-0.15, -0.1) is 11.3 Å². The zero-order valence-electron chi connectivity index (χ0n) is 22.0. The Kier molecular flexibility index (Phi) is 7.09. The molecule has 1 saturated carbocycles. The number of thiazole rings is 1. The number of aromatic nitrogens is 1. The molecule has 196 valence electrons. The fourth-order valence-electron chi connectivity index (χ4n) is 6.76. The summed E-state index contributed by atoms with van der Waals surface area (Å²) in [5, 5.41) is 14.3. The predicted molar refractivity (Wildman–Crippen MR) is 152 cm³/mol. The highest BCUT2D eigenvalue weighted by atomic mass is 32.2. The quantitative estimate of drug-likeness (QED) is 0.195. The number of nitrogens with zero attached hydrogens (tertiary/aromatic N) is 2. The first kappa shape index (κ1) is 26.2. The van der Waals surface area contributed by atoms with E-state index in [4.69, 9.17) is 0 Å². The Morgan fingerprint density at radius 2 is 2.05 bits per heavy atom. The molecule has 3 aromatic rings. The van der Waals surface area contributed by atoms with E-state index in [1.807, 2.05) is 0 Å². The van der Waals surface area contributed by atoms with Crippen molar-refractivity contribution >= 4 is 44.9 Å². The fraction of sp³-hybridized carbons (Fsp3) is 0.517. The van der Waals surface area contributed by atoms with Gasteiger partial charge in [-0.3, -0.25) is 14.9 Å². The van der Waals surface area contributed by atoms with Crippen LogP contribution in [0.1, 0.15) is 76.0 Å². The lowest BCUT2D eigenvalue weighted by Crippen LogP contribution is -2.53. The minimum Gasteiger partial charge on any atom is -0.355 e. The third-order valence-corrected chi connectivity index (χ3v) is 10.9. The maximum atomic E-state index is 12.9. The molecule has 1 amide bonds. The van der Waals surface area contributed by atoms with Crippen molar-refractivity contribution in [1.29, 1.82) is 0 Å². The number of nitro groups is 1. The van der Waals surface area contributed by atoms with E-state index in [-0.39, 0.29) is 22.4 Å². The van der Waals surface area contributed by atoms with Crippen molar-refractivity contribution in [3.63, 3.8) is 0 Å². The zero-order chi connectivity index (χ0) is 26.4. The smallest absolute Gasteiger partial charge is 0.270 e. The summed E-state index contributed by atoms with van der Waals surface area (Å²) >= 11 is 2.79. The number of carbonyl (C=O) groups is 1. The lowest BCUT2D eigenvalue weighted by molar-refractivity contribution is -0.384. The van der Waals surface area contributed by atoms with E-state index in [0.29, 0.717) is 24.1 Å². The lowest BCUT2D eigenvalue weighted by Gasteiger charge is -2.55. The van der Waals surface area contributed by atoms with Gasteiger partial charge in [0, 0.05) is 18.7 Å². The standard InChI is InChI=1S/C29H35N3O3S2/c1-18(2)19-6-9-22-20(14-19)7-11-25-28(3,12-5-13-29(22,25)4)17-30-26(33)16-36-27-31-23-10-8-21(32(34)35)15-24(23)37-27/h6,8-10,14-15,18,25H,5,7,11-13,16-17H2,1-4H3,(H,30,33). The molecule has 1 fully saturated rings. The molecule has 6 nitrogen and oxygen atoms in total. The number of aryl methyl sites for hydroxylation is 1. The van der Waals surface area contributed by atoms with Gasteiger partial charge in [0.25, 0.3) is 5.69 Å². The second-order valence-corrected chi connectivity index (χ2v) is 13.8. The van der Waals surface area contributed by atoms with Crippen LogP contribution in [-0.2, 0) is 16.6 Å². The van der Waals surface area contributed by atoms with E-state index in [1.54, 1.807) is 12.1 Å². The van der Waals surface area contributed by atoms with Gasteiger partial charge >= 0.3 is 0 Å². The highest BCUT2D eigenvalue weighted by Gasteiger charge is 2.51. The van der Waals surface area contributed by atoms with E-state index in [2.05, 4.69) is 56.2 Å². The molecule has 1 aromatic heterocycles. The normalized spacial score (nSPS) is 25.1. The minimum atomic E-state index is -0.399. The summed E-state index contributed by atoms with van der Waals surface area (Å²) in [6, 6.07) is 11.8. The Hall–Kier alpha value is -2.45. The van der Waals surface area contributed by atoms with Crippen molar-refractivity contribution in [3.05, 3.63) is 63.2 Å². The van der Waals surface area contributed by atoms with E-state index in [1.165, 1.54) is 65.1 Å². The Labute approximate surface area is 226 Å². The van der Waals surface area contributed by atoms with Gasteiger partial charge in [0.15, 0.2) is 4.34 Å². The SMILES string of the molecule is CC(C)c1ccc2c(c1)CCC1C(C)(CNC(=O)CSc3nc4ccc([N+](=O)[O-])cc4s3)CCCC21C. The molecule has 0 bridgehead atoms. The first-order chi connectivity index (χ1) is 17.6. The molecule has 2 aromatic carbocycles. The van der Waals surface area contributed by atoms with Crippen LogP contribution in [0, 0.1) is 21.4 Å². The van der Waals surface area contributed by atoms with Crippen molar-refractivity contribution in [2.75, 3.05) is 12.3 Å². The number of hydrogen-bond donors (Lipinski definition) is 1. The van der Waals surface area contributed by atoms with Gasteiger partial charge in [0.2, 0.25) is 5.91 Å². The number of non-ortho nitro benzene ring substituents is 1. The van der Waals surface area contributed by atoms with Gasteiger partial charge < -0.3 is 5.32 Å². The van der Waals surface area contributed by atoms with Gasteiger partial charge in [0.05, 0.1) is 20.9 Å². The van der Waals surface area contributed by atoms with Crippen LogP contribution in [0.3, 0.4) is 0 Å². The number of carbonyl (C=O) groups excluding carboxylic acids is 1. The maximum absolute atomic E-state index is 12.9. The average Bonchev–Trinajstić information content (AvgIpc) is 3.28. The van der Waals surface area contributed by atoms with Crippen LogP contribution < -0.4 is 5.32 Å². The number of benzene rings is 2. The number of thioether (sulfide) groups is 1. The van der Waals surface area contributed by atoms with Crippen molar-refractivity contribution < 1.29 is 9.72 Å². The number of nitrogens with one attached hydrogen (secondary N) is 1. The second-order valence-electron chi connectivity index (χ2n) is 11.5. The summed E-state index contributed by atoms with van der Waals surface area (Å²) in [7, 11) is 0. The van der Waals surface area contributed by atoms with Crippen LogP contribution in [0.2, 0.25) is 0 Å². The Morgan fingerprint density at radius 3 is 2.81 bits per heavy atom. The van der Waals surface area contributed by atoms with Crippen molar-refractivity contribution in [2.45, 2.75) is 75.5 Å². The number of amides is 1. The summed E-state index contributed by atoms with van der Waals surface area (Å²) in [5.41, 5.74) is 5.48.